The average Bonchev–Trinajstić information content (AvgIpc) is 2.19. The summed E-state index contributed by atoms with van der Waals surface area (Å²) in [7, 11) is 0. The lowest BCUT2D eigenvalue weighted by Gasteiger charge is -1.89. The molecule has 72 valence electrons. The van der Waals surface area contributed by atoms with Crippen molar-refractivity contribution in [2.45, 2.75) is 0 Å². The van der Waals surface area contributed by atoms with Gasteiger partial charge in [0, 0.05) is 5.56 Å². The van der Waals surface area contributed by atoms with Crippen LogP contribution in [0, 0.1) is 22.7 Å². The minimum absolute atomic E-state index is 0. The predicted molar refractivity (Wildman–Crippen MR) is 56.6 cm³/mol. The predicted octanol–water partition coefficient (Wildman–Crippen LogP) is 0.932. The van der Waals surface area contributed by atoms with Gasteiger partial charge in [-0.3, -0.25) is 4.79 Å². The van der Waals surface area contributed by atoms with Gasteiger partial charge in [0.2, 0.25) is 5.91 Å². The molecular weight excluding hydrogens is 198 g/mol. The molecule has 4 nitrogen and oxygen atoms in total. The molecule has 1 amide bonds. The molecule has 1 aromatic rings. The molecule has 0 aliphatic carbocycles. The second-order valence-electron chi connectivity index (χ2n) is 1.95. The molecular formula is C9H9N3OS. The molecule has 5 heteroatoms. The van der Waals surface area contributed by atoms with E-state index in [1.54, 1.807) is 24.3 Å². The van der Waals surface area contributed by atoms with Crippen molar-refractivity contribution in [3.63, 3.8) is 0 Å². The summed E-state index contributed by atoms with van der Waals surface area (Å²) in [6.07, 6.45) is 0. The second kappa shape index (κ2) is 9.11. The van der Waals surface area contributed by atoms with Crippen LogP contribution in [-0.4, -0.2) is 5.91 Å². The van der Waals surface area contributed by atoms with Gasteiger partial charge in [-0.1, -0.05) is 18.2 Å². The fourth-order valence-electron chi connectivity index (χ4n) is 0.602. The maximum absolute atomic E-state index is 10.4. The maximum atomic E-state index is 10.4. The number of nitrogens with two attached hydrogens (primary N) is 1. The van der Waals surface area contributed by atoms with E-state index in [4.69, 9.17) is 16.3 Å². The summed E-state index contributed by atoms with van der Waals surface area (Å²) < 4.78 is 0. The molecule has 0 heterocycles. The van der Waals surface area contributed by atoms with E-state index in [0.717, 1.165) is 0 Å². The van der Waals surface area contributed by atoms with E-state index in [-0.39, 0.29) is 19.4 Å². The van der Waals surface area contributed by atoms with Gasteiger partial charge in [-0.05, 0) is 12.1 Å². The lowest BCUT2D eigenvalue weighted by molar-refractivity contribution is 0.100. The Kier molecular flexibility index (Phi) is 9.46. The van der Waals surface area contributed by atoms with Gasteiger partial charge in [0.1, 0.15) is 0 Å². The number of carbonyl (C=O) groups is 1. The van der Waals surface area contributed by atoms with E-state index < -0.39 is 0 Å². The number of nitrogens with zero attached hydrogens (tertiary/aromatic N) is 2. The molecule has 0 aliphatic rings. The summed E-state index contributed by atoms with van der Waals surface area (Å²) >= 11 is 0. The van der Waals surface area contributed by atoms with Crippen LogP contribution in [-0.2, 0) is 0 Å². The van der Waals surface area contributed by atoms with Crippen LogP contribution in [0.3, 0.4) is 0 Å². The van der Waals surface area contributed by atoms with E-state index in [0.29, 0.717) is 5.56 Å². The molecule has 0 fully saturated rings. The number of amides is 1. The molecule has 0 bridgehead atoms. The summed E-state index contributed by atoms with van der Waals surface area (Å²) in [5.74, 6) is -0.379. The van der Waals surface area contributed by atoms with Gasteiger partial charge in [-0.15, -0.1) is 0 Å². The van der Waals surface area contributed by atoms with Crippen LogP contribution in [0.4, 0.5) is 0 Å². The van der Waals surface area contributed by atoms with Gasteiger partial charge >= 0.3 is 0 Å². The second-order valence-corrected chi connectivity index (χ2v) is 1.95. The van der Waals surface area contributed by atoms with Crippen molar-refractivity contribution >= 4 is 19.4 Å². The first-order chi connectivity index (χ1) is 6.22. The molecule has 14 heavy (non-hydrogen) atoms. The molecule has 1 rings (SSSR count). The first-order valence-electron chi connectivity index (χ1n) is 3.35. The minimum Gasteiger partial charge on any atom is -0.366 e. The fourth-order valence-corrected chi connectivity index (χ4v) is 0.602. The van der Waals surface area contributed by atoms with Crippen molar-refractivity contribution in [3.8, 4) is 12.1 Å². The number of rotatable bonds is 1. The zero-order valence-electron chi connectivity index (χ0n) is 7.27. The minimum atomic E-state index is -0.379. The largest absolute Gasteiger partial charge is 0.366 e. The van der Waals surface area contributed by atoms with Crippen LogP contribution >= 0.6 is 13.5 Å². The van der Waals surface area contributed by atoms with E-state index in [2.05, 4.69) is 0 Å². The van der Waals surface area contributed by atoms with E-state index >= 15 is 0 Å². The number of hydrogen-bond donors (Lipinski definition) is 1. The molecule has 1 aromatic carbocycles. The van der Waals surface area contributed by atoms with E-state index in [9.17, 15) is 4.79 Å². The summed E-state index contributed by atoms with van der Waals surface area (Å²) in [5.41, 5.74) is 5.53. The Bertz CT molecular complexity index is 339. The summed E-state index contributed by atoms with van der Waals surface area (Å²) in [4.78, 5) is 10.4. The molecule has 0 saturated carbocycles. The van der Waals surface area contributed by atoms with Crippen molar-refractivity contribution in [3.05, 3.63) is 35.9 Å². The highest BCUT2D eigenvalue weighted by molar-refractivity contribution is 7.59. The molecule has 0 spiro atoms. The fraction of sp³-hybridized carbons (Fsp3) is 0. The van der Waals surface area contributed by atoms with Crippen LogP contribution in [0.15, 0.2) is 30.3 Å². The average molecular weight is 207 g/mol. The maximum Gasteiger partial charge on any atom is 0.248 e. The Labute approximate surface area is 89.0 Å². The highest BCUT2D eigenvalue weighted by atomic mass is 32.1. The zero-order chi connectivity index (χ0) is 10.1. The van der Waals surface area contributed by atoms with E-state index in [1.165, 1.54) is 12.1 Å². The third-order valence-corrected chi connectivity index (χ3v) is 1.11. The Morgan fingerprint density at radius 3 is 1.79 bits per heavy atom. The molecule has 0 radical (unpaired) electrons. The van der Waals surface area contributed by atoms with Crippen molar-refractivity contribution in [1.29, 1.82) is 10.5 Å². The number of carbonyl (C=O) groups excluding carboxylic acids is 1. The van der Waals surface area contributed by atoms with Crippen molar-refractivity contribution in [1.82, 2.24) is 0 Å². The molecule has 0 aliphatic heterocycles. The molecule has 0 aromatic heterocycles. The van der Waals surface area contributed by atoms with Crippen LogP contribution < -0.4 is 5.73 Å². The molecule has 0 unspecified atom stereocenters. The molecule has 2 N–H and O–H groups in total. The van der Waals surface area contributed by atoms with Gasteiger partial charge in [0.05, 0.1) is 0 Å². The monoisotopic (exact) mass is 207 g/mol. The van der Waals surface area contributed by atoms with Gasteiger partial charge in [0.15, 0.2) is 12.1 Å². The van der Waals surface area contributed by atoms with Gasteiger partial charge < -0.3 is 5.73 Å². The standard InChI is InChI=1S/C7H7NO.C2N2.H2S/c8-7(9)6-4-2-1-3-5-6;3-1-2-4;/h1-5H,(H2,8,9);;1H2. The topological polar surface area (TPSA) is 90.7 Å². The lowest BCUT2D eigenvalue weighted by atomic mass is 10.2. The van der Waals surface area contributed by atoms with Gasteiger partial charge in [-0.25, -0.2) is 0 Å². The van der Waals surface area contributed by atoms with Crippen LogP contribution in [0.2, 0.25) is 0 Å². The Balaban J connectivity index is 0. The summed E-state index contributed by atoms with van der Waals surface area (Å²) in [6.45, 7) is 0. The van der Waals surface area contributed by atoms with Crippen molar-refractivity contribution in [2.75, 3.05) is 0 Å². The first-order valence-corrected chi connectivity index (χ1v) is 3.35. The Morgan fingerprint density at radius 1 is 1.14 bits per heavy atom. The third kappa shape index (κ3) is 6.71. The van der Waals surface area contributed by atoms with Crippen LogP contribution in [0.1, 0.15) is 10.4 Å². The highest BCUT2D eigenvalue weighted by Gasteiger charge is 1.93. The quantitative estimate of drug-likeness (QED) is 0.742. The Morgan fingerprint density at radius 2 is 1.57 bits per heavy atom. The SMILES string of the molecule is N#CC#N.NC(=O)c1ccccc1.S. The Hall–Kier alpha value is -1.98. The van der Waals surface area contributed by atoms with E-state index in [1.807, 2.05) is 6.07 Å². The molecule has 0 atom stereocenters. The zero-order valence-corrected chi connectivity index (χ0v) is 8.27. The van der Waals surface area contributed by atoms with Gasteiger partial charge in [-0.2, -0.15) is 24.0 Å². The normalized spacial score (nSPS) is 6.43. The third-order valence-electron chi connectivity index (χ3n) is 1.11. The van der Waals surface area contributed by atoms with Crippen molar-refractivity contribution < 1.29 is 4.79 Å². The lowest BCUT2D eigenvalue weighted by Crippen LogP contribution is -2.09. The summed E-state index contributed by atoms with van der Waals surface area (Å²) in [5, 5.41) is 14.5. The summed E-state index contributed by atoms with van der Waals surface area (Å²) in [6, 6.07) is 11.2. The smallest absolute Gasteiger partial charge is 0.248 e. The number of nitriles is 2. The molecule has 0 saturated heterocycles. The van der Waals surface area contributed by atoms with Crippen LogP contribution in [0.5, 0.6) is 0 Å². The first kappa shape index (κ1) is 14.5. The van der Waals surface area contributed by atoms with Gasteiger partial charge in [0.25, 0.3) is 0 Å². The number of benzene rings is 1. The number of hydrogen-bond acceptors (Lipinski definition) is 3. The number of primary amides is 1. The van der Waals surface area contributed by atoms with Crippen molar-refractivity contribution in [2.24, 2.45) is 5.73 Å². The highest BCUT2D eigenvalue weighted by Crippen LogP contribution is 1.94. The van der Waals surface area contributed by atoms with Crippen LogP contribution in [0.25, 0.3) is 0 Å².